The molecule has 0 saturated heterocycles. The minimum absolute atomic E-state index is 0.293. The van der Waals surface area contributed by atoms with E-state index in [1.54, 1.807) is 6.07 Å². The third-order valence-corrected chi connectivity index (χ3v) is 2.48. The van der Waals surface area contributed by atoms with E-state index in [0.717, 1.165) is 5.52 Å². The largest absolute Gasteiger partial charge is 0.332 e. The molecule has 12 heavy (non-hydrogen) atoms. The van der Waals surface area contributed by atoms with Gasteiger partial charge in [-0.3, -0.25) is 0 Å². The van der Waals surface area contributed by atoms with E-state index in [0.29, 0.717) is 14.7 Å². The highest BCUT2D eigenvalue weighted by Gasteiger charge is 2.04. The quantitative estimate of drug-likeness (QED) is 0.794. The Kier molecular flexibility index (Phi) is 1.92. The number of benzene rings is 1. The highest BCUT2D eigenvalue weighted by molar-refractivity contribution is 9.10. The number of nitrogens with zero attached hydrogens (tertiary/aromatic N) is 1. The van der Waals surface area contributed by atoms with Crippen LogP contribution in [0.4, 0.5) is 4.39 Å². The minimum Gasteiger partial charge on any atom is -0.332 e. The van der Waals surface area contributed by atoms with E-state index in [1.807, 2.05) is 0 Å². The van der Waals surface area contributed by atoms with E-state index < -0.39 is 0 Å². The minimum atomic E-state index is -0.293. The fourth-order valence-electron chi connectivity index (χ4n) is 0.974. The highest BCUT2D eigenvalue weighted by atomic mass is 79.9. The van der Waals surface area contributed by atoms with Crippen LogP contribution in [0.25, 0.3) is 11.0 Å². The molecule has 0 unspecified atom stereocenters. The van der Waals surface area contributed by atoms with Crippen molar-refractivity contribution < 1.29 is 4.39 Å². The summed E-state index contributed by atoms with van der Waals surface area (Å²) in [6, 6.07) is 3.03. The molecule has 1 aromatic heterocycles. The first-order chi connectivity index (χ1) is 5.66. The molecule has 1 heterocycles. The maximum absolute atomic E-state index is 12.9. The zero-order valence-electron chi connectivity index (χ0n) is 5.74. The van der Waals surface area contributed by atoms with Crippen molar-refractivity contribution in [1.82, 2.24) is 9.97 Å². The van der Waals surface area contributed by atoms with Crippen molar-refractivity contribution in [2.45, 2.75) is 0 Å². The van der Waals surface area contributed by atoms with Crippen LogP contribution in [0.3, 0.4) is 0 Å². The Bertz CT molecular complexity index is 399. The Hall–Kier alpha value is -0.420. The van der Waals surface area contributed by atoms with Gasteiger partial charge in [0.25, 0.3) is 0 Å². The lowest BCUT2D eigenvalue weighted by Gasteiger charge is -1.92. The van der Waals surface area contributed by atoms with E-state index in [2.05, 4.69) is 41.8 Å². The van der Waals surface area contributed by atoms with Gasteiger partial charge in [-0.2, -0.15) is 0 Å². The first-order valence-electron chi connectivity index (χ1n) is 3.17. The van der Waals surface area contributed by atoms with Crippen molar-refractivity contribution >= 4 is 42.9 Å². The number of halogens is 3. The van der Waals surface area contributed by atoms with Gasteiger partial charge in [0.2, 0.25) is 0 Å². The van der Waals surface area contributed by atoms with Gasteiger partial charge in [0.05, 0.1) is 15.5 Å². The van der Waals surface area contributed by atoms with Gasteiger partial charge in [-0.25, -0.2) is 9.37 Å². The first-order valence-corrected chi connectivity index (χ1v) is 4.75. The van der Waals surface area contributed by atoms with Crippen LogP contribution < -0.4 is 0 Å². The molecule has 1 N–H and O–H groups in total. The first kappa shape index (κ1) is 8.19. The fraction of sp³-hybridized carbons (Fsp3) is 0. The molecule has 5 heteroatoms. The number of imidazole rings is 1. The van der Waals surface area contributed by atoms with Gasteiger partial charge in [-0.1, -0.05) is 0 Å². The van der Waals surface area contributed by atoms with Crippen LogP contribution in [0, 0.1) is 5.82 Å². The second kappa shape index (κ2) is 2.81. The summed E-state index contributed by atoms with van der Waals surface area (Å²) in [7, 11) is 0. The van der Waals surface area contributed by atoms with Crippen LogP contribution in [0.2, 0.25) is 0 Å². The molecular weight excluding hydrogens is 291 g/mol. The molecule has 0 spiro atoms. The number of hydrogen-bond acceptors (Lipinski definition) is 1. The molecule has 0 aliphatic carbocycles. The van der Waals surface area contributed by atoms with Crippen LogP contribution in [0.15, 0.2) is 21.3 Å². The molecule has 2 aromatic rings. The van der Waals surface area contributed by atoms with Crippen LogP contribution in [0.5, 0.6) is 0 Å². The smallest absolute Gasteiger partial charge is 0.175 e. The van der Waals surface area contributed by atoms with E-state index in [-0.39, 0.29) is 5.82 Å². The molecular formula is C7H3Br2FN2. The van der Waals surface area contributed by atoms with Crippen molar-refractivity contribution in [3.8, 4) is 0 Å². The van der Waals surface area contributed by atoms with Crippen molar-refractivity contribution in [1.29, 1.82) is 0 Å². The summed E-state index contributed by atoms with van der Waals surface area (Å²) in [4.78, 5) is 6.95. The van der Waals surface area contributed by atoms with Gasteiger partial charge in [0.15, 0.2) is 4.73 Å². The van der Waals surface area contributed by atoms with Gasteiger partial charge in [-0.05, 0) is 37.9 Å². The van der Waals surface area contributed by atoms with Gasteiger partial charge in [0, 0.05) is 6.07 Å². The fourth-order valence-corrected chi connectivity index (χ4v) is 1.71. The number of aromatic nitrogens is 2. The zero-order valence-corrected chi connectivity index (χ0v) is 8.91. The van der Waals surface area contributed by atoms with Gasteiger partial charge in [-0.15, -0.1) is 0 Å². The molecule has 2 rings (SSSR count). The molecule has 0 radical (unpaired) electrons. The van der Waals surface area contributed by atoms with Gasteiger partial charge >= 0.3 is 0 Å². The third-order valence-electron chi connectivity index (χ3n) is 1.50. The SMILES string of the molecule is Fc1cc2[nH]c(Br)nc2cc1Br. The summed E-state index contributed by atoms with van der Waals surface area (Å²) < 4.78 is 14.0. The number of fused-ring (bicyclic) bond motifs is 1. The summed E-state index contributed by atoms with van der Waals surface area (Å²) in [5.41, 5.74) is 1.41. The molecule has 0 fully saturated rings. The lowest BCUT2D eigenvalue weighted by molar-refractivity contribution is 0.623. The third kappa shape index (κ3) is 1.27. The monoisotopic (exact) mass is 292 g/mol. The lowest BCUT2D eigenvalue weighted by atomic mass is 10.3. The molecule has 62 valence electrons. The van der Waals surface area contributed by atoms with Crippen LogP contribution in [0.1, 0.15) is 0 Å². The second-order valence-electron chi connectivity index (χ2n) is 2.31. The summed E-state index contributed by atoms with van der Waals surface area (Å²) >= 11 is 6.25. The Balaban J connectivity index is 2.83. The number of hydrogen-bond donors (Lipinski definition) is 1. The van der Waals surface area contributed by atoms with Gasteiger partial charge < -0.3 is 4.98 Å². The van der Waals surface area contributed by atoms with Crippen molar-refractivity contribution in [2.75, 3.05) is 0 Å². The van der Waals surface area contributed by atoms with E-state index >= 15 is 0 Å². The Labute approximate surface area is 84.4 Å². The number of nitrogens with one attached hydrogen (secondary N) is 1. The molecule has 0 aliphatic heterocycles. The lowest BCUT2D eigenvalue weighted by Crippen LogP contribution is -1.77. The van der Waals surface area contributed by atoms with Crippen molar-refractivity contribution in [3.05, 3.63) is 27.2 Å². The topological polar surface area (TPSA) is 28.7 Å². The summed E-state index contributed by atoms with van der Waals surface area (Å²) in [5.74, 6) is -0.293. The van der Waals surface area contributed by atoms with E-state index in [4.69, 9.17) is 0 Å². The molecule has 2 nitrogen and oxygen atoms in total. The molecule has 0 bridgehead atoms. The zero-order chi connectivity index (χ0) is 8.72. The summed E-state index contributed by atoms with van der Waals surface area (Å²) in [5, 5.41) is 0. The number of rotatable bonds is 0. The maximum Gasteiger partial charge on any atom is 0.175 e. The van der Waals surface area contributed by atoms with Gasteiger partial charge in [0.1, 0.15) is 5.82 Å². The van der Waals surface area contributed by atoms with E-state index in [9.17, 15) is 4.39 Å². The number of H-pyrrole nitrogens is 1. The molecule has 1 aromatic carbocycles. The molecule has 0 amide bonds. The average molecular weight is 294 g/mol. The van der Waals surface area contributed by atoms with E-state index in [1.165, 1.54) is 6.07 Å². The molecule has 0 atom stereocenters. The standard InChI is InChI=1S/C7H3Br2FN2/c8-3-1-5-6(2-4(3)10)12-7(9)11-5/h1-2H,(H,11,12). The Morgan fingerprint density at radius 1 is 1.33 bits per heavy atom. The van der Waals surface area contributed by atoms with Crippen LogP contribution >= 0.6 is 31.9 Å². The Morgan fingerprint density at radius 2 is 2.08 bits per heavy atom. The normalized spacial score (nSPS) is 10.9. The van der Waals surface area contributed by atoms with Crippen molar-refractivity contribution in [2.24, 2.45) is 0 Å². The molecule has 0 aliphatic rings. The number of aromatic amines is 1. The molecule has 0 saturated carbocycles. The van der Waals surface area contributed by atoms with Crippen LogP contribution in [-0.4, -0.2) is 9.97 Å². The van der Waals surface area contributed by atoms with Crippen molar-refractivity contribution in [3.63, 3.8) is 0 Å². The highest BCUT2D eigenvalue weighted by Crippen LogP contribution is 2.22. The maximum atomic E-state index is 12.9. The predicted octanol–water partition coefficient (Wildman–Crippen LogP) is 3.23. The Morgan fingerprint density at radius 3 is 2.83 bits per heavy atom. The van der Waals surface area contributed by atoms with Crippen LogP contribution in [-0.2, 0) is 0 Å². The average Bonchev–Trinajstić information content (AvgIpc) is 2.30. The second-order valence-corrected chi connectivity index (χ2v) is 3.92. The predicted molar refractivity (Wildman–Crippen MR) is 51.5 cm³/mol. The summed E-state index contributed by atoms with van der Waals surface area (Å²) in [6.07, 6.45) is 0. The summed E-state index contributed by atoms with van der Waals surface area (Å²) in [6.45, 7) is 0.